The number of unbranched alkanes of at least 4 members (excludes halogenated alkanes) is 2. The highest BCUT2D eigenvalue weighted by molar-refractivity contribution is 8.43. The van der Waals surface area contributed by atoms with E-state index in [1.165, 1.54) is 23.5 Å². The van der Waals surface area contributed by atoms with Crippen molar-refractivity contribution in [2.75, 3.05) is 5.08 Å². The van der Waals surface area contributed by atoms with Gasteiger partial charge in [0.15, 0.2) is 0 Å². The maximum absolute atomic E-state index is 13.3. The summed E-state index contributed by atoms with van der Waals surface area (Å²) >= 11 is 4.19. The summed E-state index contributed by atoms with van der Waals surface area (Å²) in [6.07, 6.45) is 6.90. The van der Waals surface area contributed by atoms with Crippen LogP contribution in [0.2, 0.25) is 0 Å². The summed E-state index contributed by atoms with van der Waals surface area (Å²) in [4.78, 5) is 5.58. The van der Waals surface area contributed by atoms with Crippen LogP contribution in [0.5, 0.6) is 0 Å². The maximum atomic E-state index is 13.3. The fourth-order valence-corrected chi connectivity index (χ4v) is 5.08. The third-order valence-electron chi connectivity index (χ3n) is 3.25. The molecule has 0 saturated heterocycles. The number of halogens is 1. The molecular formula is C14H21FN2S3. The third-order valence-corrected chi connectivity index (χ3v) is 6.22. The topological polar surface area (TPSA) is 36.1 Å². The summed E-state index contributed by atoms with van der Waals surface area (Å²) < 4.78 is 14.2. The van der Waals surface area contributed by atoms with Crippen LogP contribution in [0.15, 0.2) is 16.2 Å². The molecule has 112 valence electrons. The zero-order valence-electron chi connectivity index (χ0n) is 12.0. The van der Waals surface area contributed by atoms with E-state index in [1.807, 2.05) is 5.40 Å². The van der Waals surface area contributed by atoms with Gasteiger partial charge in [-0.15, -0.1) is 0 Å². The van der Waals surface area contributed by atoms with E-state index in [4.69, 9.17) is 10.3 Å². The van der Waals surface area contributed by atoms with E-state index in [2.05, 4.69) is 13.8 Å². The van der Waals surface area contributed by atoms with Gasteiger partial charge in [0.2, 0.25) is 0 Å². The van der Waals surface area contributed by atoms with Crippen molar-refractivity contribution in [1.82, 2.24) is 0 Å². The molecule has 0 N–H and O–H groups in total. The molecule has 0 radical (unpaired) electrons. The summed E-state index contributed by atoms with van der Waals surface area (Å²) in [5, 5.41) is 11.3. The van der Waals surface area contributed by atoms with E-state index < -0.39 is 0 Å². The standard InChI is InChI=1S/C14H21FN2S3/c1-3-5-7-14(8-6-4-2)12(9-15)20-13(17-14)19-11-18-10-16/h9H,3-8,11H2,1-2H3/b12-9-. The Labute approximate surface area is 134 Å². The quantitative estimate of drug-likeness (QED) is 0.314. The highest BCUT2D eigenvalue weighted by Crippen LogP contribution is 2.48. The Morgan fingerprint density at radius 2 is 2.00 bits per heavy atom. The Morgan fingerprint density at radius 1 is 1.35 bits per heavy atom. The molecule has 0 saturated carbocycles. The second-order valence-corrected chi connectivity index (χ2v) is 8.07. The minimum absolute atomic E-state index is 0.342. The first-order valence-corrected chi connectivity index (χ1v) is 9.73. The van der Waals surface area contributed by atoms with Crippen molar-refractivity contribution in [1.29, 1.82) is 5.26 Å². The van der Waals surface area contributed by atoms with E-state index in [-0.39, 0.29) is 5.54 Å². The predicted molar refractivity (Wildman–Crippen MR) is 91.7 cm³/mol. The van der Waals surface area contributed by atoms with Gasteiger partial charge < -0.3 is 0 Å². The molecule has 0 spiro atoms. The van der Waals surface area contributed by atoms with Gasteiger partial charge in [-0.1, -0.05) is 63.1 Å². The first kappa shape index (κ1) is 17.9. The van der Waals surface area contributed by atoms with Crippen LogP contribution in [0.3, 0.4) is 0 Å². The van der Waals surface area contributed by atoms with Gasteiger partial charge in [-0.25, -0.2) is 4.39 Å². The molecule has 1 rings (SSSR count). The van der Waals surface area contributed by atoms with Crippen molar-refractivity contribution < 1.29 is 4.39 Å². The van der Waals surface area contributed by atoms with Crippen molar-refractivity contribution in [3.05, 3.63) is 11.2 Å². The number of nitrogens with zero attached hydrogens (tertiary/aromatic N) is 2. The van der Waals surface area contributed by atoms with Crippen LogP contribution in [0.1, 0.15) is 52.4 Å². The Bertz CT molecular complexity index is 394. The van der Waals surface area contributed by atoms with Gasteiger partial charge in [-0.05, 0) is 24.6 Å². The Morgan fingerprint density at radius 3 is 2.50 bits per heavy atom. The van der Waals surface area contributed by atoms with Crippen molar-refractivity contribution in [3.63, 3.8) is 0 Å². The summed E-state index contributed by atoms with van der Waals surface area (Å²) in [6.45, 7) is 4.30. The highest BCUT2D eigenvalue weighted by atomic mass is 32.2. The normalized spacial score (nSPS) is 19.1. The van der Waals surface area contributed by atoms with Crippen LogP contribution >= 0.6 is 35.3 Å². The van der Waals surface area contributed by atoms with Gasteiger partial charge in [0.1, 0.15) is 9.78 Å². The average molecular weight is 333 g/mol. The minimum Gasteiger partial charge on any atom is -0.259 e. The Kier molecular flexibility index (Phi) is 8.74. The van der Waals surface area contributed by atoms with Crippen LogP contribution in [-0.4, -0.2) is 15.0 Å². The van der Waals surface area contributed by atoms with Crippen molar-refractivity contribution >= 4 is 39.7 Å². The lowest BCUT2D eigenvalue weighted by Gasteiger charge is -2.26. The van der Waals surface area contributed by atoms with Gasteiger partial charge in [0.05, 0.1) is 17.0 Å². The number of nitriles is 1. The molecule has 0 atom stereocenters. The largest absolute Gasteiger partial charge is 0.259 e. The number of rotatable bonds is 8. The summed E-state index contributed by atoms with van der Waals surface area (Å²) in [6, 6.07) is 0. The van der Waals surface area contributed by atoms with E-state index in [0.29, 0.717) is 5.08 Å². The molecule has 20 heavy (non-hydrogen) atoms. The third kappa shape index (κ3) is 5.01. The summed E-state index contributed by atoms with van der Waals surface area (Å²) in [5.74, 6) is 0. The summed E-state index contributed by atoms with van der Waals surface area (Å²) in [7, 11) is 0. The maximum Gasteiger partial charge on any atom is 0.134 e. The van der Waals surface area contributed by atoms with E-state index in [9.17, 15) is 4.39 Å². The van der Waals surface area contributed by atoms with Crippen molar-refractivity contribution in [2.45, 2.75) is 57.9 Å². The summed E-state index contributed by atoms with van der Waals surface area (Å²) in [5.41, 5.74) is -0.342. The first-order chi connectivity index (χ1) is 9.72. The fourth-order valence-electron chi connectivity index (χ4n) is 2.16. The molecule has 0 fully saturated rings. The van der Waals surface area contributed by atoms with Crippen LogP contribution < -0.4 is 0 Å². The molecular weight excluding hydrogens is 311 g/mol. The van der Waals surface area contributed by atoms with E-state index in [1.54, 1.807) is 11.8 Å². The molecule has 0 aromatic carbocycles. The molecule has 0 aliphatic carbocycles. The number of hydrogen-bond acceptors (Lipinski definition) is 5. The molecule has 0 aromatic rings. The number of thioether (sulfide) groups is 3. The zero-order chi connectivity index (χ0) is 14.8. The second-order valence-electron chi connectivity index (χ2n) is 4.69. The molecule has 1 aliphatic heterocycles. The fraction of sp³-hybridized carbons (Fsp3) is 0.714. The second kappa shape index (κ2) is 9.75. The first-order valence-electron chi connectivity index (χ1n) is 6.94. The monoisotopic (exact) mass is 332 g/mol. The molecule has 6 heteroatoms. The molecule has 0 amide bonds. The SMILES string of the molecule is CCCCC1(CCCC)N=C(SCSC#N)S/C1=C\F. The number of aliphatic imine (C=N–C) groups is 1. The highest BCUT2D eigenvalue weighted by Gasteiger charge is 2.39. The number of thiocyanates is 1. The van der Waals surface area contributed by atoms with Crippen LogP contribution in [-0.2, 0) is 0 Å². The smallest absolute Gasteiger partial charge is 0.134 e. The molecule has 2 nitrogen and oxygen atoms in total. The van der Waals surface area contributed by atoms with Crippen LogP contribution in [0.4, 0.5) is 4.39 Å². The van der Waals surface area contributed by atoms with E-state index >= 15 is 0 Å². The van der Waals surface area contributed by atoms with Gasteiger partial charge >= 0.3 is 0 Å². The lowest BCUT2D eigenvalue weighted by Crippen LogP contribution is -2.25. The Hall–Kier alpha value is -0.120. The number of hydrogen-bond donors (Lipinski definition) is 0. The lowest BCUT2D eigenvalue weighted by atomic mass is 9.87. The van der Waals surface area contributed by atoms with Crippen molar-refractivity contribution in [3.8, 4) is 5.40 Å². The van der Waals surface area contributed by atoms with E-state index in [0.717, 1.165) is 54.1 Å². The molecule has 0 bridgehead atoms. The molecule has 1 aliphatic rings. The van der Waals surface area contributed by atoms with Gasteiger partial charge in [-0.2, -0.15) is 5.26 Å². The molecule has 1 heterocycles. The minimum atomic E-state index is -0.342. The molecule has 0 aromatic heterocycles. The van der Waals surface area contributed by atoms with Gasteiger partial charge in [0.25, 0.3) is 0 Å². The van der Waals surface area contributed by atoms with Gasteiger partial charge in [0, 0.05) is 4.91 Å². The Balaban J connectivity index is 2.82. The zero-order valence-corrected chi connectivity index (χ0v) is 14.5. The average Bonchev–Trinajstić information content (AvgIpc) is 2.81. The molecule has 0 unspecified atom stereocenters. The predicted octanol–water partition coefficient (Wildman–Crippen LogP) is 5.92. The lowest BCUT2D eigenvalue weighted by molar-refractivity contribution is 0.416. The van der Waals surface area contributed by atoms with Gasteiger partial charge in [-0.3, -0.25) is 4.99 Å². The van der Waals surface area contributed by atoms with Crippen LogP contribution in [0.25, 0.3) is 0 Å². The van der Waals surface area contributed by atoms with Crippen LogP contribution in [0, 0.1) is 10.7 Å². The van der Waals surface area contributed by atoms with Crippen molar-refractivity contribution in [2.24, 2.45) is 4.99 Å².